The van der Waals surface area contributed by atoms with Crippen LogP contribution in [0.15, 0.2) is 41.8 Å². The third-order valence-corrected chi connectivity index (χ3v) is 5.12. The van der Waals surface area contributed by atoms with E-state index in [4.69, 9.17) is 9.47 Å². The lowest BCUT2D eigenvalue weighted by Gasteiger charge is -2.07. The van der Waals surface area contributed by atoms with Crippen molar-refractivity contribution in [2.24, 2.45) is 0 Å². The highest BCUT2D eigenvalue weighted by atomic mass is 32.2. The molecule has 2 aromatic rings. The first-order valence-electron chi connectivity index (χ1n) is 7.37. The summed E-state index contributed by atoms with van der Waals surface area (Å²) in [6.07, 6.45) is 0. The van der Waals surface area contributed by atoms with Crippen molar-refractivity contribution in [2.45, 2.75) is 5.75 Å². The van der Waals surface area contributed by atoms with Crippen molar-refractivity contribution in [1.29, 1.82) is 0 Å². The van der Waals surface area contributed by atoms with E-state index in [0.29, 0.717) is 17.9 Å². The Bertz CT molecular complexity index is 641. The van der Waals surface area contributed by atoms with Gasteiger partial charge in [-0.15, -0.1) is 11.3 Å². The largest absolute Gasteiger partial charge is 0.497 e. The van der Waals surface area contributed by atoms with Crippen molar-refractivity contribution in [2.75, 3.05) is 26.0 Å². The van der Waals surface area contributed by atoms with E-state index in [1.165, 1.54) is 4.88 Å². The smallest absolute Gasteiger partial charge is 0.338 e. The summed E-state index contributed by atoms with van der Waals surface area (Å²) in [7, 11) is 1.55. The number of benzene rings is 1. The van der Waals surface area contributed by atoms with Crippen molar-refractivity contribution >= 4 is 35.0 Å². The molecule has 128 valence electrons. The molecule has 0 unspecified atom stereocenters. The van der Waals surface area contributed by atoms with E-state index in [1.54, 1.807) is 54.5 Å². The molecule has 24 heavy (non-hydrogen) atoms. The van der Waals surface area contributed by atoms with Gasteiger partial charge >= 0.3 is 5.97 Å². The molecular weight excluding hydrogens is 346 g/mol. The van der Waals surface area contributed by atoms with E-state index >= 15 is 0 Å². The topological polar surface area (TPSA) is 64.6 Å². The third-order valence-electron chi connectivity index (χ3n) is 3.05. The average molecular weight is 365 g/mol. The van der Waals surface area contributed by atoms with E-state index < -0.39 is 5.97 Å². The first-order chi connectivity index (χ1) is 11.7. The van der Waals surface area contributed by atoms with Crippen LogP contribution in [0, 0.1) is 0 Å². The van der Waals surface area contributed by atoms with Gasteiger partial charge in [0, 0.05) is 22.9 Å². The fourth-order valence-corrected chi connectivity index (χ4v) is 3.52. The molecule has 1 N–H and O–H groups in total. The number of nitrogens with one attached hydrogen (secondary N) is 1. The van der Waals surface area contributed by atoms with Crippen LogP contribution in [0.5, 0.6) is 5.75 Å². The van der Waals surface area contributed by atoms with E-state index in [-0.39, 0.29) is 12.5 Å². The minimum absolute atomic E-state index is 0.277. The van der Waals surface area contributed by atoms with Crippen molar-refractivity contribution in [3.8, 4) is 5.75 Å². The number of carbonyl (C=O) groups excluding carboxylic acids is 2. The molecule has 0 spiro atoms. The average Bonchev–Trinajstić information content (AvgIpc) is 3.13. The van der Waals surface area contributed by atoms with E-state index in [0.717, 1.165) is 11.5 Å². The highest BCUT2D eigenvalue weighted by Gasteiger charge is 2.10. The zero-order chi connectivity index (χ0) is 17.2. The lowest BCUT2D eigenvalue weighted by Crippen LogP contribution is -2.30. The van der Waals surface area contributed by atoms with Gasteiger partial charge in [-0.25, -0.2) is 4.79 Å². The number of esters is 1. The standard InChI is InChI=1S/C17H19NO4S2/c1-21-14-6-4-13(5-7-14)17(20)22-11-16(19)18-8-10-23-12-15-3-2-9-24-15/h2-7,9H,8,10-12H2,1H3,(H,18,19). The lowest BCUT2D eigenvalue weighted by atomic mass is 10.2. The summed E-state index contributed by atoms with van der Waals surface area (Å²) < 4.78 is 10.00. The molecule has 0 fully saturated rings. The number of hydrogen-bond acceptors (Lipinski definition) is 6. The summed E-state index contributed by atoms with van der Waals surface area (Å²) in [4.78, 5) is 24.8. The molecule has 1 aromatic carbocycles. The van der Waals surface area contributed by atoms with Crippen molar-refractivity contribution < 1.29 is 19.1 Å². The summed E-state index contributed by atoms with van der Waals surface area (Å²) in [6, 6.07) is 10.7. The number of rotatable bonds is 9. The predicted octanol–water partition coefficient (Wildman–Crippen LogP) is 2.96. The number of carbonyl (C=O) groups is 2. The summed E-state index contributed by atoms with van der Waals surface area (Å²) in [5, 5.41) is 4.78. The first kappa shape index (κ1) is 18.4. The SMILES string of the molecule is COc1ccc(C(=O)OCC(=O)NCCSCc2cccs2)cc1. The van der Waals surface area contributed by atoms with Crippen molar-refractivity contribution in [3.63, 3.8) is 0 Å². The second kappa shape index (κ2) is 10.00. The fourth-order valence-electron chi connectivity index (χ4n) is 1.82. The second-order valence-electron chi connectivity index (χ2n) is 4.79. The van der Waals surface area contributed by atoms with Gasteiger partial charge in [-0.1, -0.05) is 6.07 Å². The Morgan fingerprint density at radius 3 is 2.67 bits per heavy atom. The minimum atomic E-state index is -0.528. The molecule has 0 radical (unpaired) electrons. The van der Waals surface area contributed by atoms with Gasteiger partial charge in [0.05, 0.1) is 12.7 Å². The summed E-state index contributed by atoms with van der Waals surface area (Å²) in [6.45, 7) is 0.273. The molecule has 0 aliphatic heterocycles. The number of methoxy groups -OCH3 is 1. The zero-order valence-electron chi connectivity index (χ0n) is 13.3. The van der Waals surface area contributed by atoms with Crippen LogP contribution in [-0.2, 0) is 15.3 Å². The maximum Gasteiger partial charge on any atom is 0.338 e. The van der Waals surface area contributed by atoms with Crippen molar-refractivity contribution in [3.05, 3.63) is 52.2 Å². The number of amides is 1. The van der Waals surface area contributed by atoms with E-state index in [9.17, 15) is 9.59 Å². The molecule has 7 heteroatoms. The predicted molar refractivity (Wildman–Crippen MR) is 96.8 cm³/mol. The number of hydrogen-bond donors (Lipinski definition) is 1. The molecule has 1 aromatic heterocycles. The van der Waals surface area contributed by atoms with Gasteiger partial charge < -0.3 is 14.8 Å². The highest BCUT2D eigenvalue weighted by Crippen LogP contribution is 2.16. The lowest BCUT2D eigenvalue weighted by molar-refractivity contribution is -0.124. The van der Waals surface area contributed by atoms with Crippen LogP contribution < -0.4 is 10.1 Å². The Labute approximate surface area is 149 Å². The molecule has 0 saturated carbocycles. The summed E-state index contributed by atoms with van der Waals surface area (Å²) in [5.74, 6) is 1.59. The Kier molecular flexibility index (Phi) is 7.64. The second-order valence-corrected chi connectivity index (χ2v) is 6.92. The minimum Gasteiger partial charge on any atom is -0.497 e. The zero-order valence-corrected chi connectivity index (χ0v) is 15.0. The molecule has 0 atom stereocenters. The van der Waals surface area contributed by atoms with Crippen molar-refractivity contribution in [1.82, 2.24) is 5.32 Å². The van der Waals surface area contributed by atoms with Crippen LogP contribution in [0.25, 0.3) is 0 Å². The molecule has 0 aliphatic carbocycles. The molecule has 0 saturated heterocycles. The van der Waals surface area contributed by atoms with Gasteiger partial charge in [0.1, 0.15) is 5.75 Å². The van der Waals surface area contributed by atoms with Crippen LogP contribution in [0.4, 0.5) is 0 Å². The van der Waals surface area contributed by atoms with Gasteiger partial charge in [-0.3, -0.25) is 4.79 Å². The van der Waals surface area contributed by atoms with Crippen LogP contribution in [0.3, 0.4) is 0 Å². The Hall–Kier alpha value is -1.99. The Balaban J connectivity index is 1.59. The van der Waals surface area contributed by atoms with Crippen LogP contribution >= 0.6 is 23.1 Å². The first-order valence-corrected chi connectivity index (χ1v) is 9.40. The van der Waals surface area contributed by atoms with E-state index in [1.807, 2.05) is 6.07 Å². The van der Waals surface area contributed by atoms with Crippen LogP contribution in [0.2, 0.25) is 0 Å². The van der Waals surface area contributed by atoms with Gasteiger partial charge in [0.25, 0.3) is 5.91 Å². The van der Waals surface area contributed by atoms with E-state index in [2.05, 4.69) is 16.8 Å². The maximum absolute atomic E-state index is 11.8. The van der Waals surface area contributed by atoms with Gasteiger partial charge in [-0.2, -0.15) is 11.8 Å². The third kappa shape index (κ3) is 6.25. The quantitative estimate of drug-likeness (QED) is 0.547. The molecule has 1 amide bonds. The number of ether oxygens (including phenoxy) is 2. The maximum atomic E-state index is 11.8. The van der Waals surface area contributed by atoms with Crippen LogP contribution in [-0.4, -0.2) is 37.9 Å². The highest BCUT2D eigenvalue weighted by molar-refractivity contribution is 7.98. The molecule has 0 aliphatic rings. The van der Waals surface area contributed by atoms with Crippen LogP contribution in [0.1, 0.15) is 15.2 Å². The number of thioether (sulfide) groups is 1. The Morgan fingerprint density at radius 1 is 1.21 bits per heavy atom. The molecule has 2 rings (SSSR count). The Morgan fingerprint density at radius 2 is 2.00 bits per heavy atom. The monoisotopic (exact) mass is 365 g/mol. The summed E-state index contributed by atoms with van der Waals surface area (Å²) in [5.41, 5.74) is 0.384. The van der Waals surface area contributed by atoms with Gasteiger partial charge in [0.15, 0.2) is 6.61 Å². The number of thiophene rings is 1. The molecule has 5 nitrogen and oxygen atoms in total. The summed E-state index contributed by atoms with van der Waals surface area (Å²) >= 11 is 3.48. The van der Waals surface area contributed by atoms with Gasteiger partial charge in [-0.05, 0) is 35.7 Å². The fraction of sp³-hybridized carbons (Fsp3) is 0.294. The molecule has 1 heterocycles. The molecule has 0 bridgehead atoms. The molecular formula is C17H19NO4S2. The van der Waals surface area contributed by atoms with Gasteiger partial charge in [0.2, 0.25) is 0 Å². The normalized spacial score (nSPS) is 10.2.